The number of hydrogen-bond acceptors (Lipinski definition) is 4. The largest absolute Gasteiger partial charge is 0.356 e. The lowest BCUT2D eigenvalue weighted by molar-refractivity contribution is -0.122. The van der Waals surface area contributed by atoms with Gasteiger partial charge in [-0.3, -0.25) is 9.69 Å². The molecule has 2 heterocycles. The highest BCUT2D eigenvalue weighted by atomic mass is 16.3. The topological polar surface area (TPSA) is 64.6 Å². The number of amides is 1. The van der Waals surface area contributed by atoms with Crippen LogP contribution in [0.25, 0.3) is 0 Å². The zero-order valence-corrected chi connectivity index (χ0v) is 10.6. The van der Waals surface area contributed by atoms with Gasteiger partial charge in [-0.2, -0.15) is 0 Å². The van der Waals surface area contributed by atoms with Crippen molar-refractivity contribution < 1.29 is 9.90 Å². The molecule has 100 valence electrons. The SMILES string of the molecule is O=C1NC(O)NC2=C1CCN(Cc1ccccc1)C2. The van der Waals surface area contributed by atoms with E-state index in [2.05, 4.69) is 27.7 Å². The predicted octanol–water partition coefficient (Wildman–Crippen LogP) is 0.142. The van der Waals surface area contributed by atoms with Crippen molar-refractivity contribution in [2.24, 2.45) is 0 Å². The Hall–Kier alpha value is -1.85. The molecule has 0 bridgehead atoms. The molecule has 5 heteroatoms. The van der Waals surface area contributed by atoms with Crippen LogP contribution in [-0.4, -0.2) is 35.4 Å². The highest BCUT2D eigenvalue weighted by Gasteiger charge is 2.29. The molecule has 1 aromatic rings. The zero-order chi connectivity index (χ0) is 13.2. The lowest BCUT2D eigenvalue weighted by atomic mass is 10.0. The molecule has 0 aromatic heterocycles. The van der Waals surface area contributed by atoms with Crippen molar-refractivity contribution in [3.63, 3.8) is 0 Å². The van der Waals surface area contributed by atoms with Crippen LogP contribution in [-0.2, 0) is 11.3 Å². The molecule has 0 radical (unpaired) electrons. The third-order valence-corrected chi connectivity index (χ3v) is 3.53. The maximum Gasteiger partial charge on any atom is 0.252 e. The molecule has 5 nitrogen and oxygen atoms in total. The standard InChI is InChI=1S/C14H17N3O2/c18-13-11-6-7-17(8-10-4-2-1-3-5-10)9-12(11)15-14(19)16-13/h1-5,14-15,19H,6-9H2,(H,16,18). The molecular weight excluding hydrogens is 242 g/mol. The number of rotatable bonds is 2. The molecule has 2 aliphatic rings. The molecule has 0 spiro atoms. The van der Waals surface area contributed by atoms with E-state index in [0.717, 1.165) is 24.4 Å². The Morgan fingerprint density at radius 2 is 2.05 bits per heavy atom. The summed E-state index contributed by atoms with van der Waals surface area (Å²) in [5.74, 6) is -0.152. The summed E-state index contributed by atoms with van der Waals surface area (Å²) in [5, 5.41) is 14.9. The molecule has 19 heavy (non-hydrogen) atoms. The first-order valence-corrected chi connectivity index (χ1v) is 6.46. The second-order valence-electron chi connectivity index (χ2n) is 4.92. The van der Waals surface area contributed by atoms with Crippen LogP contribution in [0.4, 0.5) is 0 Å². The van der Waals surface area contributed by atoms with E-state index >= 15 is 0 Å². The molecule has 0 aliphatic carbocycles. The number of hydrogen-bond donors (Lipinski definition) is 3. The monoisotopic (exact) mass is 259 g/mol. The Kier molecular flexibility index (Phi) is 3.23. The Morgan fingerprint density at radius 1 is 1.26 bits per heavy atom. The van der Waals surface area contributed by atoms with E-state index in [0.29, 0.717) is 13.0 Å². The van der Waals surface area contributed by atoms with Gasteiger partial charge in [0.15, 0.2) is 0 Å². The fourth-order valence-electron chi connectivity index (χ4n) is 2.59. The minimum absolute atomic E-state index is 0.152. The minimum Gasteiger partial charge on any atom is -0.356 e. The van der Waals surface area contributed by atoms with Crippen molar-refractivity contribution in [3.05, 3.63) is 47.2 Å². The summed E-state index contributed by atoms with van der Waals surface area (Å²) in [6.45, 7) is 2.39. The van der Waals surface area contributed by atoms with Crippen LogP contribution in [0.5, 0.6) is 0 Å². The molecule has 2 aliphatic heterocycles. The Bertz CT molecular complexity index is 513. The summed E-state index contributed by atoms with van der Waals surface area (Å²) in [7, 11) is 0. The zero-order valence-electron chi connectivity index (χ0n) is 10.6. The summed E-state index contributed by atoms with van der Waals surface area (Å²) in [6.07, 6.45) is -0.254. The number of carbonyl (C=O) groups is 1. The summed E-state index contributed by atoms with van der Waals surface area (Å²) in [6, 6.07) is 10.3. The van der Waals surface area contributed by atoms with E-state index in [4.69, 9.17) is 0 Å². The number of nitrogens with zero attached hydrogens (tertiary/aromatic N) is 1. The van der Waals surface area contributed by atoms with Gasteiger partial charge in [0.25, 0.3) is 5.91 Å². The molecule has 3 rings (SSSR count). The summed E-state index contributed by atoms with van der Waals surface area (Å²) >= 11 is 0. The van der Waals surface area contributed by atoms with E-state index in [1.807, 2.05) is 18.2 Å². The minimum atomic E-state index is -0.970. The van der Waals surface area contributed by atoms with Gasteiger partial charge in [-0.15, -0.1) is 0 Å². The number of carbonyl (C=O) groups excluding carboxylic acids is 1. The molecule has 3 N–H and O–H groups in total. The van der Waals surface area contributed by atoms with Crippen LogP contribution in [0.3, 0.4) is 0 Å². The van der Waals surface area contributed by atoms with Crippen molar-refractivity contribution in [3.8, 4) is 0 Å². The normalized spacial score (nSPS) is 23.6. The van der Waals surface area contributed by atoms with Crippen molar-refractivity contribution >= 4 is 5.91 Å². The number of benzene rings is 1. The van der Waals surface area contributed by atoms with Crippen LogP contribution < -0.4 is 10.6 Å². The van der Waals surface area contributed by atoms with Crippen LogP contribution in [0, 0.1) is 0 Å². The molecule has 1 aromatic carbocycles. The van der Waals surface area contributed by atoms with Gasteiger partial charge >= 0.3 is 0 Å². The first-order chi connectivity index (χ1) is 9.22. The van der Waals surface area contributed by atoms with Crippen molar-refractivity contribution in [2.45, 2.75) is 19.3 Å². The van der Waals surface area contributed by atoms with Crippen LogP contribution >= 0.6 is 0 Å². The molecule has 1 unspecified atom stereocenters. The quantitative estimate of drug-likeness (QED) is 0.707. The van der Waals surface area contributed by atoms with E-state index < -0.39 is 6.35 Å². The second-order valence-corrected chi connectivity index (χ2v) is 4.92. The van der Waals surface area contributed by atoms with Gasteiger partial charge in [0.1, 0.15) is 0 Å². The van der Waals surface area contributed by atoms with Crippen LogP contribution in [0.1, 0.15) is 12.0 Å². The van der Waals surface area contributed by atoms with Crippen molar-refractivity contribution in [2.75, 3.05) is 13.1 Å². The molecule has 0 fully saturated rings. The number of aliphatic hydroxyl groups excluding tert-OH is 1. The van der Waals surface area contributed by atoms with E-state index in [-0.39, 0.29) is 5.91 Å². The Morgan fingerprint density at radius 3 is 2.84 bits per heavy atom. The predicted molar refractivity (Wildman–Crippen MR) is 70.6 cm³/mol. The maximum atomic E-state index is 11.7. The molecular formula is C14H17N3O2. The third-order valence-electron chi connectivity index (χ3n) is 3.53. The summed E-state index contributed by atoms with van der Waals surface area (Å²) in [4.78, 5) is 14.0. The van der Waals surface area contributed by atoms with Gasteiger partial charge in [-0.05, 0) is 12.0 Å². The molecule has 1 amide bonds. The first kappa shape index (κ1) is 12.2. The summed E-state index contributed by atoms with van der Waals surface area (Å²) in [5.41, 5.74) is 2.88. The van der Waals surface area contributed by atoms with E-state index in [1.54, 1.807) is 0 Å². The maximum absolute atomic E-state index is 11.7. The average molecular weight is 259 g/mol. The van der Waals surface area contributed by atoms with Gasteiger partial charge in [-0.25, -0.2) is 0 Å². The molecule has 1 atom stereocenters. The first-order valence-electron chi connectivity index (χ1n) is 6.46. The van der Waals surface area contributed by atoms with Crippen molar-refractivity contribution in [1.29, 1.82) is 0 Å². The Labute approximate surface area is 111 Å². The van der Waals surface area contributed by atoms with E-state index in [1.165, 1.54) is 5.56 Å². The number of nitrogens with one attached hydrogen (secondary N) is 2. The fraction of sp³-hybridized carbons (Fsp3) is 0.357. The third kappa shape index (κ3) is 2.62. The smallest absolute Gasteiger partial charge is 0.252 e. The van der Waals surface area contributed by atoms with Gasteiger partial charge in [0.2, 0.25) is 6.35 Å². The second kappa shape index (κ2) is 5.03. The van der Waals surface area contributed by atoms with Gasteiger partial charge in [-0.1, -0.05) is 30.3 Å². The fourth-order valence-corrected chi connectivity index (χ4v) is 2.59. The highest BCUT2D eigenvalue weighted by molar-refractivity contribution is 5.95. The van der Waals surface area contributed by atoms with Crippen LogP contribution in [0.15, 0.2) is 41.6 Å². The number of aliphatic hydroxyl groups is 1. The lowest BCUT2D eigenvalue weighted by Crippen LogP contribution is -2.54. The van der Waals surface area contributed by atoms with Gasteiger partial charge < -0.3 is 15.7 Å². The van der Waals surface area contributed by atoms with Crippen LogP contribution in [0.2, 0.25) is 0 Å². The van der Waals surface area contributed by atoms with Gasteiger partial charge in [0.05, 0.1) is 0 Å². The van der Waals surface area contributed by atoms with E-state index in [9.17, 15) is 9.90 Å². The average Bonchev–Trinajstić information content (AvgIpc) is 2.39. The van der Waals surface area contributed by atoms with Crippen molar-refractivity contribution in [1.82, 2.24) is 15.5 Å². The van der Waals surface area contributed by atoms with Gasteiger partial charge in [0, 0.05) is 30.9 Å². The molecule has 0 saturated carbocycles. The summed E-state index contributed by atoms with van der Waals surface area (Å²) < 4.78 is 0. The highest BCUT2D eigenvalue weighted by Crippen LogP contribution is 2.20. The lowest BCUT2D eigenvalue weighted by Gasteiger charge is -2.35. The molecule has 0 saturated heterocycles. The Balaban J connectivity index is 1.71.